The number of urea groups is 1. The number of nitrogens with one attached hydrogen (secondary N) is 2. The van der Waals surface area contributed by atoms with Crippen LogP contribution in [0, 0.1) is 10.1 Å². The van der Waals surface area contributed by atoms with Crippen LogP contribution in [0.3, 0.4) is 0 Å². The molecule has 10 heteroatoms. The number of esters is 1. The maximum absolute atomic E-state index is 12.4. The van der Waals surface area contributed by atoms with E-state index >= 15 is 0 Å². The normalized spacial score (nSPS) is 16.3. The molecule has 1 unspecified atom stereocenters. The predicted octanol–water partition coefficient (Wildman–Crippen LogP) is 2.19. The number of nitrogens with zero attached hydrogens (tertiary/aromatic N) is 1. The largest absolute Gasteiger partial charge is 0.493 e. The van der Waals surface area contributed by atoms with Gasteiger partial charge in [-0.25, -0.2) is 9.59 Å². The number of hydrogen-bond acceptors (Lipinski definition) is 7. The third-order valence-electron chi connectivity index (χ3n) is 3.86. The quantitative estimate of drug-likeness (QED) is 0.422. The zero-order valence-corrected chi connectivity index (χ0v) is 15.5. The molecule has 2 rings (SSSR count). The van der Waals surface area contributed by atoms with Crippen molar-refractivity contribution in [3.63, 3.8) is 0 Å². The molecule has 0 aliphatic carbocycles. The zero-order valence-electron chi connectivity index (χ0n) is 15.5. The predicted molar refractivity (Wildman–Crippen MR) is 94.6 cm³/mol. The highest BCUT2D eigenvalue weighted by Gasteiger charge is 2.34. The van der Waals surface area contributed by atoms with Crippen molar-refractivity contribution < 1.29 is 28.7 Å². The minimum absolute atomic E-state index is 0.0209. The number of carbonyl (C=O) groups excluding carboxylic acids is 2. The molecule has 1 atom stereocenters. The van der Waals surface area contributed by atoms with Gasteiger partial charge in [-0.1, -0.05) is 0 Å². The van der Waals surface area contributed by atoms with Crippen molar-refractivity contribution in [1.29, 1.82) is 0 Å². The van der Waals surface area contributed by atoms with Gasteiger partial charge in [-0.05, 0) is 32.4 Å². The highest BCUT2D eigenvalue weighted by molar-refractivity contribution is 5.95. The van der Waals surface area contributed by atoms with Gasteiger partial charge < -0.3 is 24.8 Å². The maximum atomic E-state index is 12.4. The van der Waals surface area contributed by atoms with Gasteiger partial charge >= 0.3 is 17.7 Å². The van der Waals surface area contributed by atoms with Crippen molar-refractivity contribution in [2.24, 2.45) is 0 Å². The van der Waals surface area contributed by atoms with Crippen LogP contribution in [0.2, 0.25) is 0 Å². The molecule has 1 heterocycles. The number of methoxy groups -OCH3 is 1. The molecule has 1 aromatic carbocycles. The number of rotatable bonds is 7. The van der Waals surface area contributed by atoms with Crippen LogP contribution in [-0.4, -0.2) is 37.2 Å². The van der Waals surface area contributed by atoms with Crippen LogP contribution in [0.15, 0.2) is 23.4 Å². The van der Waals surface area contributed by atoms with Gasteiger partial charge in [-0.15, -0.1) is 0 Å². The van der Waals surface area contributed by atoms with Gasteiger partial charge in [0.25, 0.3) is 0 Å². The number of benzene rings is 1. The number of nitro groups is 1. The summed E-state index contributed by atoms with van der Waals surface area (Å²) in [5, 5.41) is 16.6. The standard InChI is InChI=1S/C17H21N3O7/c1-5-26-15-11(20(23)24)7-10(8-12(15)25-4)14-13(16(21)27-6-2)9(3)18-17(22)19-14/h7-8,14H,5-6H2,1-4H3,(H2,18,19,22). The monoisotopic (exact) mass is 379 g/mol. The molecule has 0 bridgehead atoms. The van der Waals surface area contributed by atoms with Crippen LogP contribution >= 0.6 is 0 Å². The molecule has 0 aromatic heterocycles. The topological polar surface area (TPSA) is 129 Å². The molecule has 0 saturated heterocycles. The van der Waals surface area contributed by atoms with Gasteiger partial charge in [-0.3, -0.25) is 10.1 Å². The van der Waals surface area contributed by atoms with Gasteiger partial charge in [0, 0.05) is 11.8 Å². The number of carbonyl (C=O) groups is 2. The van der Waals surface area contributed by atoms with E-state index in [9.17, 15) is 19.7 Å². The lowest BCUT2D eigenvalue weighted by Crippen LogP contribution is -2.45. The van der Waals surface area contributed by atoms with E-state index in [2.05, 4.69) is 10.6 Å². The summed E-state index contributed by atoms with van der Waals surface area (Å²) < 4.78 is 15.6. The van der Waals surface area contributed by atoms with Crippen LogP contribution in [-0.2, 0) is 9.53 Å². The van der Waals surface area contributed by atoms with Crippen molar-refractivity contribution in [3.05, 3.63) is 39.1 Å². The van der Waals surface area contributed by atoms with E-state index in [1.807, 2.05) is 0 Å². The Hall–Kier alpha value is -3.30. The summed E-state index contributed by atoms with van der Waals surface area (Å²) in [5.41, 5.74) is 0.411. The third kappa shape index (κ3) is 4.10. The summed E-state index contributed by atoms with van der Waals surface area (Å²) in [6.07, 6.45) is 0. The summed E-state index contributed by atoms with van der Waals surface area (Å²) >= 11 is 0. The third-order valence-corrected chi connectivity index (χ3v) is 3.86. The van der Waals surface area contributed by atoms with Crippen molar-refractivity contribution in [3.8, 4) is 11.5 Å². The van der Waals surface area contributed by atoms with Crippen LogP contribution < -0.4 is 20.1 Å². The molecule has 146 valence electrons. The Labute approximate surface area is 155 Å². The second kappa shape index (κ2) is 8.39. The molecule has 0 spiro atoms. The number of ether oxygens (including phenoxy) is 3. The average molecular weight is 379 g/mol. The smallest absolute Gasteiger partial charge is 0.338 e. The maximum Gasteiger partial charge on any atom is 0.338 e. The van der Waals surface area contributed by atoms with E-state index in [0.29, 0.717) is 11.3 Å². The lowest BCUT2D eigenvalue weighted by atomic mass is 9.94. The number of hydrogen-bond donors (Lipinski definition) is 2. The fraction of sp³-hybridized carbons (Fsp3) is 0.412. The Kier molecular flexibility index (Phi) is 6.22. The second-order valence-corrected chi connectivity index (χ2v) is 5.55. The van der Waals surface area contributed by atoms with E-state index in [4.69, 9.17) is 14.2 Å². The van der Waals surface area contributed by atoms with E-state index in [1.165, 1.54) is 19.2 Å². The van der Waals surface area contributed by atoms with Gasteiger partial charge in [-0.2, -0.15) is 0 Å². The minimum atomic E-state index is -0.943. The van der Waals surface area contributed by atoms with Crippen molar-refractivity contribution in [2.45, 2.75) is 26.8 Å². The first-order chi connectivity index (χ1) is 12.8. The molecule has 1 aliphatic heterocycles. The SMILES string of the molecule is CCOC(=O)C1=C(C)NC(=O)NC1c1cc(OC)c(OCC)c([N+](=O)[O-])c1. The summed E-state index contributed by atoms with van der Waals surface area (Å²) in [6, 6.07) is 1.25. The van der Waals surface area contributed by atoms with E-state index in [1.54, 1.807) is 20.8 Å². The summed E-state index contributed by atoms with van der Waals surface area (Å²) in [6.45, 7) is 5.24. The minimum Gasteiger partial charge on any atom is -0.493 e. The van der Waals surface area contributed by atoms with Gasteiger partial charge in [0.1, 0.15) is 0 Å². The fourth-order valence-corrected chi connectivity index (χ4v) is 2.77. The molecule has 0 fully saturated rings. The highest BCUT2D eigenvalue weighted by atomic mass is 16.6. The second-order valence-electron chi connectivity index (χ2n) is 5.55. The molecular weight excluding hydrogens is 358 g/mol. The van der Waals surface area contributed by atoms with E-state index in [-0.39, 0.29) is 36.0 Å². The fourth-order valence-electron chi connectivity index (χ4n) is 2.77. The van der Waals surface area contributed by atoms with Gasteiger partial charge in [0.2, 0.25) is 5.75 Å². The Morgan fingerprint density at radius 1 is 1.30 bits per heavy atom. The molecule has 10 nitrogen and oxygen atoms in total. The molecule has 2 N–H and O–H groups in total. The summed E-state index contributed by atoms with van der Waals surface area (Å²) in [5.74, 6) is -0.537. The zero-order chi connectivity index (χ0) is 20.1. The van der Waals surface area contributed by atoms with Gasteiger partial charge in [0.05, 0.1) is 36.9 Å². The molecule has 27 heavy (non-hydrogen) atoms. The molecule has 0 radical (unpaired) electrons. The van der Waals surface area contributed by atoms with Crippen molar-refractivity contribution in [1.82, 2.24) is 10.6 Å². The Balaban J connectivity index is 2.64. The van der Waals surface area contributed by atoms with Crippen LogP contribution in [0.4, 0.5) is 10.5 Å². The lowest BCUT2D eigenvalue weighted by molar-refractivity contribution is -0.386. The first-order valence-corrected chi connectivity index (χ1v) is 8.28. The van der Waals surface area contributed by atoms with Crippen LogP contribution in [0.25, 0.3) is 0 Å². The summed E-state index contributed by atoms with van der Waals surface area (Å²) in [4.78, 5) is 35.2. The highest BCUT2D eigenvalue weighted by Crippen LogP contribution is 2.41. The van der Waals surface area contributed by atoms with E-state index in [0.717, 1.165) is 0 Å². The van der Waals surface area contributed by atoms with Crippen LogP contribution in [0.5, 0.6) is 11.5 Å². The van der Waals surface area contributed by atoms with Crippen LogP contribution in [0.1, 0.15) is 32.4 Å². The molecule has 1 aromatic rings. The van der Waals surface area contributed by atoms with Gasteiger partial charge in [0.15, 0.2) is 5.75 Å². The molecule has 0 saturated carbocycles. The Morgan fingerprint density at radius 3 is 2.56 bits per heavy atom. The van der Waals surface area contributed by atoms with Crippen molar-refractivity contribution in [2.75, 3.05) is 20.3 Å². The Morgan fingerprint density at radius 2 is 2.00 bits per heavy atom. The number of amides is 2. The van der Waals surface area contributed by atoms with Crippen molar-refractivity contribution >= 4 is 17.7 Å². The average Bonchev–Trinajstić information content (AvgIpc) is 2.61. The van der Waals surface area contributed by atoms with E-state index < -0.39 is 23.0 Å². The molecule has 1 aliphatic rings. The lowest BCUT2D eigenvalue weighted by Gasteiger charge is -2.28. The molecular formula is C17H21N3O7. The first kappa shape index (κ1) is 20.0. The summed E-state index contributed by atoms with van der Waals surface area (Å²) in [7, 11) is 1.35. The first-order valence-electron chi connectivity index (χ1n) is 8.28. The number of allylic oxidation sites excluding steroid dienone is 1. The Bertz CT molecular complexity index is 804. The molecule has 2 amide bonds. The number of nitro benzene ring substituents is 1.